The van der Waals surface area contributed by atoms with Crippen LogP contribution in [0.4, 0.5) is 0 Å². The first-order chi connectivity index (χ1) is 34.0. The SMILES string of the molecule is Cc1nc(-c2ccc(OC3CCC(C)(C)CC3)cc2)nc(C)c1C(=O)N[C@@H](CCN)C(=O)N(C)[C@@H]1C(=O)N[C@@H](C)C(=O)N[C@H](C(=O)NCC#N)Cc2ccc(OCCN)c(c2)-c2cc1ccc2OCCN. The minimum atomic E-state index is -1.41. The van der Waals surface area contributed by atoms with Crippen LogP contribution in [0.1, 0.15) is 91.8 Å². The van der Waals surface area contributed by atoms with Crippen molar-refractivity contribution in [1.82, 2.24) is 36.1 Å². The molecule has 4 aromatic rings. The van der Waals surface area contributed by atoms with Crippen LogP contribution in [-0.4, -0.2) is 115 Å². The Kier molecular flexibility index (Phi) is 18.1. The molecule has 378 valence electrons. The number of likely N-dealkylation sites (N-methyl/N-ethyl adjacent to an activating group) is 1. The van der Waals surface area contributed by atoms with Crippen molar-refractivity contribution in [1.29, 1.82) is 5.26 Å². The molecule has 4 bridgehead atoms. The first-order valence-electron chi connectivity index (χ1n) is 24.1. The van der Waals surface area contributed by atoms with E-state index in [-0.39, 0.29) is 63.9 Å². The number of aryl methyl sites for hydroxylation is 2. The van der Waals surface area contributed by atoms with Gasteiger partial charge in [0, 0.05) is 43.2 Å². The van der Waals surface area contributed by atoms with Crippen LogP contribution < -0.4 is 52.7 Å². The lowest BCUT2D eigenvalue weighted by molar-refractivity contribution is -0.141. The van der Waals surface area contributed by atoms with Gasteiger partial charge in [-0.3, -0.25) is 24.0 Å². The van der Waals surface area contributed by atoms with Crippen molar-refractivity contribution < 1.29 is 38.2 Å². The molecule has 19 nitrogen and oxygen atoms in total. The number of hydrogen-bond acceptors (Lipinski definition) is 14. The summed E-state index contributed by atoms with van der Waals surface area (Å²) in [6.45, 7) is 9.75. The Morgan fingerprint density at radius 2 is 1.49 bits per heavy atom. The summed E-state index contributed by atoms with van der Waals surface area (Å²) in [7, 11) is 1.42. The van der Waals surface area contributed by atoms with E-state index in [2.05, 4.69) is 35.1 Å². The van der Waals surface area contributed by atoms with Gasteiger partial charge in [0.15, 0.2) is 5.82 Å². The molecule has 6 rings (SSSR count). The van der Waals surface area contributed by atoms with Crippen molar-refractivity contribution in [2.24, 2.45) is 22.6 Å². The van der Waals surface area contributed by atoms with Gasteiger partial charge < -0.3 is 57.6 Å². The summed E-state index contributed by atoms with van der Waals surface area (Å²) in [6, 6.07) is 14.6. The molecule has 2 aliphatic rings. The summed E-state index contributed by atoms with van der Waals surface area (Å²) in [5.41, 5.74) is 21.6. The van der Waals surface area contributed by atoms with E-state index in [1.54, 1.807) is 50.2 Å². The zero-order valence-electron chi connectivity index (χ0n) is 41.4. The Labute approximate surface area is 414 Å². The molecule has 3 aromatic carbocycles. The Hall–Kier alpha value is -7.14. The smallest absolute Gasteiger partial charge is 0.255 e. The van der Waals surface area contributed by atoms with E-state index in [1.165, 1.54) is 18.9 Å². The second-order valence-corrected chi connectivity index (χ2v) is 18.8. The number of nitrogens with zero attached hydrogens (tertiary/aromatic N) is 4. The number of amides is 5. The first-order valence-corrected chi connectivity index (χ1v) is 24.1. The normalized spacial score (nSPS) is 18.3. The van der Waals surface area contributed by atoms with Crippen LogP contribution >= 0.6 is 0 Å². The van der Waals surface area contributed by atoms with E-state index in [9.17, 15) is 29.2 Å². The molecule has 0 radical (unpaired) electrons. The molecule has 1 fully saturated rings. The van der Waals surface area contributed by atoms with Gasteiger partial charge >= 0.3 is 0 Å². The van der Waals surface area contributed by atoms with Gasteiger partial charge in [-0.25, -0.2) is 9.97 Å². The van der Waals surface area contributed by atoms with E-state index in [0.29, 0.717) is 56.4 Å². The standard InChI is InChI=1S/C52H67N11O8/c1-30-44(31(2)59-46(58-30)34-8-11-36(12-9-34)71-37-15-18-52(4,5)19-16-37)49(66)61-40(17-20-53)51(68)63(6)45-35-10-14-43(70-26-23-56)39(29-35)38-27-33(7-13-42(38)69-25-22-55)28-41(48(65)57-24-21-54)62-47(64)32(3)60-50(45)67/h7-14,27,29,32,37,40-41,45H,15-20,22-26,28,53,55-56H2,1-6H3,(H,57,65)(H,60,67)(H,61,66)(H,62,64)/t32-,40-,41-,45-/m0/s1. The Morgan fingerprint density at radius 1 is 0.873 bits per heavy atom. The molecule has 1 aliphatic carbocycles. The third-order valence-electron chi connectivity index (χ3n) is 12.8. The van der Waals surface area contributed by atoms with Crippen molar-refractivity contribution in [3.63, 3.8) is 0 Å². The lowest BCUT2D eigenvalue weighted by atomic mass is 9.76. The second kappa shape index (κ2) is 24.1. The average Bonchev–Trinajstić information content (AvgIpc) is 3.34. The highest BCUT2D eigenvalue weighted by atomic mass is 16.5. The number of benzene rings is 3. The van der Waals surface area contributed by atoms with E-state index < -0.39 is 53.7 Å². The van der Waals surface area contributed by atoms with Crippen LogP contribution in [0, 0.1) is 30.6 Å². The molecular weight excluding hydrogens is 907 g/mol. The van der Waals surface area contributed by atoms with Crippen LogP contribution in [0.15, 0.2) is 60.7 Å². The number of fused-ring (bicyclic) bond motifs is 5. The minimum absolute atomic E-state index is 0.00111. The number of carbonyl (C=O) groups excluding carboxylic acids is 5. The lowest BCUT2D eigenvalue weighted by Gasteiger charge is -2.34. The van der Waals surface area contributed by atoms with Gasteiger partial charge in [-0.15, -0.1) is 0 Å². The van der Waals surface area contributed by atoms with E-state index in [4.69, 9.17) is 41.4 Å². The number of carbonyl (C=O) groups is 5. The summed E-state index contributed by atoms with van der Waals surface area (Å²) in [5.74, 6) is -1.41. The highest BCUT2D eigenvalue weighted by Gasteiger charge is 2.37. The number of hydrogen-bond donors (Lipinski definition) is 7. The Bertz CT molecular complexity index is 2580. The van der Waals surface area contributed by atoms with E-state index in [0.717, 1.165) is 37.0 Å². The van der Waals surface area contributed by atoms with Gasteiger partial charge in [0.2, 0.25) is 23.6 Å². The van der Waals surface area contributed by atoms with Crippen LogP contribution in [0.3, 0.4) is 0 Å². The van der Waals surface area contributed by atoms with Crippen molar-refractivity contribution in [2.45, 2.75) is 103 Å². The fourth-order valence-electron chi connectivity index (χ4n) is 8.90. The molecular formula is C52H67N11O8. The van der Waals surface area contributed by atoms with Crippen molar-refractivity contribution >= 4 is 29.5 Å². The summed E-state index contributed by atoms with van der Waals surface area (Å²) < 4.78 is 18.5. The number of ether oxygens (including phenoxy) is 3. The topological polar surface area (TPSA) is 292 Å². The van der Waals surface area contributed by atoms with Gasteiger partial charge in [-0.2, -0.15) is 5.26 Å². The first kappa shape index (κ1) is 53.2. The van der Waals surface area contributed by atoms with Crippen molar-refractivity contribution in [2.75, 3.05) is 46.4 Å². The maximum atomic E-state index is 14.8. The number of nitriles is 1. The summed E-state index contributed by atoms with van der Waals surface area (Å²) in [5, 5.41) is 20.0. The molecule has 4 atom stereocenters. The molecule has 1 aliphatic heterocycles. The molecule has 0 spiro atoms. The number of rotatable bonds is 17. The van der Waals surface area contributed by atoms with E-state index in [1.807, 2.05) is 30.3 Å². The number of nitrogens with two attached hydrogens (primary N) is 3. The third-order valence-corrected chi connectivity index (χ3v) is 12.8. The zero-order chi connectivity index (χ0) is 51.4. The quantitative estimate of drug-likeness (QED) is 0.0748. The molecule has 1 saturated carbocycles. The highest BCUT2D eigenvalue weighted by Crippen LogP contribution is 2.41. The molecule has 19 heteroatoms. The van der Waals surface area contributed by atoms with Crippen LogP contribution in [0.5, 0.6) is 17.2 Å². The maximum Gasteiger partial charge on any atom is 0.255 e. The monoisotopic (exact) mass is 974 g/mol. The second-order valence-electron chi connectivity index (χ2n) is 18.8. The molecule has 0 unspecified atom stereocenters. The van der Waals surface area contributed by atoms with Gasteiger partial charge in [0.05, 0.1) is 29.1 Å². The van der Waals surface area contributed by atoms with Gasteiger partial charge in [-0.1, -0.05) is 26.0 Å². The fourth-order valence-corrected chi connectivity index (χ4v) is 8.90. The van der Waals surface area contributed by atoms with Crippen molar-refractivity contribution in [3.05, 3.63) is 88.7 Å². The molecule has 10 N–H and O–H groups in total. The third kappa shape index (κ3) is 13.4. The molecule has 2 heterocycles. The van der Waals surface area contributed by atoms with Gasteiger partial charge in [0.25, 0.3) is 5.91 Å². The predicted octanol–water partition coefficient (Wildman–Crippen LogP) is 3.28. The lowest BCUT2D eigenvalue weighted by Crippen LogP contribution is -2.56. The highest BCUT2D eigenvalue weighted by molar-refractivity contribution is 6.00. The van der Waals surface area contributed by atoms with Crippen molar-refractivity contribution in [3.8, 4) is 45.8 Å². The van der Waals surface area contributed by atoms with E-state index >= 15 is 0 Å². The maximum absolute atomic E-state index is 14.8. The zero-order valence-corrected chi connectivity index (χ0v) is 41.4. The van der Waals surface area contributed by atoms with Gasteiger partial charge in [0.1, 0.15) is 61.2 Å². The Morgan fingerprint density at radius 3 is 2.10 bits per heavy atom. The molecule has 0 saturated heterocycles. The molecule has 5 amide bonds. The number of aromatic nitrogens is 2. The van der Waals surface area contributed by atoms with Gasteiger partial charge in [-0.05, 0) is 124 Å². The number of nitrogens with one attached hydrogen (secondary N) is 4. The predicted molar refractivity (Wildman–Crippen MR) is 267 cm³/mol. The fraction of sp³-hybridized carbons (Fsp3) is 0.462. The summed E-state index contributed by atoms with van der Waals surface area (Å²) in [4.78, 5) is 81.4. The average molecular weight is 974 g/mol. The molecule has 1 aromatic heterocycles. The molecule has 71 heavy (non-hydrogen) atoms. The van der Waals surface area contributed by atoms with Crippen LogP contribution in [-0.2, 0) is 25.6 Å². The Balaban J connectivity index is 1.32. The minimum Gasteiger partial charge on any atom is -0.492 e. The summed E-state index contributed by atoms with van der Waals surface area (Å²) in [6.07, 6.45) is 4.39. The largest absolute Gasteiger partial charge is 0.492 e. The summed E-state index contributed by atoms with van der Waals surface area (Å²) >= 11 is 0. The van der Waals surface area contributed by atoms with Crippen LogP contribution in [0.2, 0.25) is 0 Å². The van der Waals surface area contributed by atoms with Crippen LogP contribution in [0.25, 0.3) is 22.5 Å².